The number of nitrogens with two attached hydrogens (primary N) is 4. The van der Waals surface area contributed by atoms with Crippen molar-refractivity contribution >= 4 is 74.8 Å². The number of aliphatic imine (C=N–C) groups is 1. The first kappa shape index (κ1) is 52.3. The van der Waals surface area contributed by atoms with Crippen molar-refractivity contribution in [3.8, 4) is 0 Å². The van der Waals surface area contributed by atoms with Gasteiger partial charge in [-0.25, -0.2) is 0 Å². The van der Waals surface area contributed by atoms with E-state index in [4.69, 9.17) is 22.9 Å². The van der Waals surface area contributed by atoms with E-state index in [1.54, 1.807) is 37.5 Å². The second kappa shape index (κ2) is 25.4. The molecular weight excluding hydrogens is 885 g/mol. The summed E-state index contributed by atoms with van der Waals surface area (Å²) in [6.07, 6.45) is 6.97. The Kier molecular flexibility index (Phi) is 19.6. The van der Waals surface area contributed by atoms with Crippen LogP contribution in [-0.2, 0) is 43.2 Å². The van der Waals surface area contributed by atoms with Gasteiger partial charge in [0.05, 0.1) is 18.1 Å². The minimum Gasteiger partial charge on any atom is -0.370 e. The number of hydrogen-bond donors (Lipinski definition) is 11. The van der Waals surface area contributed by atoms with Crippen molar-refractivity contribution in [2.24, 2.45) is 33.8 Å². The van der Waals surface area contributed by atoms with Gasteiger partial charge >= 0.3 is 0 Å². The molecule has 68 heavy (non-hydrogen) atoms. The van der Waals surface area contributed by atoms with Crippen LogP contribution in [0.2, 0.25) is 0 Å². The molecule has 0 aliphatic rings. The number of H-pyrrole nitrogens is 2. The molecule has 6 atom stereocenters. The third-order valence-electron chi connectivity index (χ3n) is 11.8. The van der Waals surface area contributed by atoms with Crippen molar-refractivity contribution in [3.05, 3.63) is 107 Å². The number of ketones is 1. The van der Waals surface area contributed by atoms with Crippen LogP contribution in [0, 0.1) is 5.92 Å². The number of nitrogens with one attached hydrogen (secondary N) is 7. The average molecular weight is 951 g/mol. The lowest BCUT2D eigenvalue weighted by atomic mass is 9.91. The number of nitrogens with zero attached hydrogens (tertiary/aromatic N) is 1. The number of Topliss-reactive ketones (excluding diaryl/α,β-unsaturated/α-hetero) is 1. The van der Waals surface area contributed by atoms with Crippen LogP contribution in [0.1, 0.15) is 66.6 Å². The van der Waals surface area contributed by atoms with E-state index in [-0.39, 0.29) is 61.9 Å². The molecule has 19 heteroatoms. The summed E-state index contributed by atoms with van der Waals surface area (Å²) >= 11 is 1.51. The van der Waals surface area contributed by atoms with Crippen LogP contribution in [0.15, 0.2) is 90.2 Å². The first-order valence-electron chi connectivity index (χ1n) is 22.8. The second-order valence-electron chi connectivity index (χ2n) is 17.3. The second-order valence-corrected chi connectivity index (χ2v) is 18.3. The van der Waals surface area contributed by atoms with Gasteiger partial charge in [0.1, 0.15) is 18.1 Å². The number of fused-ring (bicyclic) bond motifs is 2. The van der Waals surface area contributed by atoms with E-state index >= 15 is 0 Å². The molecule has 15 N–H and O–H groups in total. The number of hydrogen-bond acceptors (Lipinski definition) is 10. The summed E-state index contributed by atoms with van der Waals surface area (Å²) in [5, 5.41) is 16.3. The summed E-state index contributed by atoms with van der Waals surface area (Å²) in [6.45, 7) is 4.10. The van der Waals surface area contributed by atoms with Gasteiger partial charge in [0.2, 0.25) is 29.5 Å². The highest BCUT2D eigenvalue weighted by Gasteiger charge is 2.33. The molecule has 0 aliphatic heterocycles. The molecule has 18 nitrogen and oxygen atoms in total. The maximum Gasteiger partial charge on any atom is 0.243 e. The van der Waals surface area contributed by atoms with E-state index in [1.807, 2.05) is 74.8 Å². The zero-order valence-corrected chi connectivity index (χ0v) is 39.9. The van der Waals surface area contributed by atoms with Crippen molar-refractivity contribution in [1.82, 2.24) is 36.6 Å². The third-order valence-corrected chi connectivity index (χ3v) is 12.4. The number of carbonyl (C=O) groups is 6. The Morgan fingerprint density at radius 1 is 0.632 bits per heavy atom. The Labute approximate surface area is 400 Å². The number of likely N-dealkylation sites (N-methyl/N-ethyl adjacent to an activating group) is 1. The van der Waals surface area contributed by atoms with E-state index in [2.05, 4.69) is 41.5 Å². The predicted molar refractivity (Wildman–Crippen MR) is 269 cm³/mol. The number of aromatic nitrogens is 2. The van der Waals surface area contributed by atoms with Crippen LogP contribution < -0.4 is 49.5 Å². The van der Waals surface area contributed by atoms with Gasteiger partial charge in [-0.15, -0.1) is 0 Å². The molecule has 5 rings (SSSR count). The number of para-hydroxylation sites is 2. The van der Waals surface area contributed by atoms with E-state index in [0.717, 1.165) is 32.9 Å². The largest absolute Gasteiger partial charge is 0.370 e. The fraction of sp³-hybridized carbons (Fsp3) is 0.408. The molecule has 2 heterocycles. The van der Waals surface area contributed by atoms with Crippen LogP contribution in [0.4, 0.5) is 0 Å². The number of benzene rings is 3. The van der Waals surface area contributed by atoms with Crippen LogP contribution in [-0.4, -0.2) is 113 Å². The van der Waals surface area contributed by atoms with E-state index in [1.165, 1.54) is 11.8 Å². The maximum atomic E-state index is 14.8. The summed E-state index contributed by atoms with van der Waals surface area (Å²) in [5.41, 5.74) is 26.9. The average Bonchev–Trinajstić information content (AvgIpc) is 3.93. The molecule has 2 aromatic heterocycles. The van der Waals surface area contributed by atoms with E-state index in [9.17, 15) is 28.8 Å². The third kappa shape index (κ3) is 14.6. The van der Waals surface area contributed by atoms with E-state index < -0.39 is 65.8 Å². The summed E-state index contributed by atoms with van der Waals surface area (Å²) in [6, 6.07) is 16.0. The van der Waals surface area contributed by atoms with Gasteiger partial charge in [-0.1, -0.05) is 74.5 Å². The first-order valence-corrected chi connectivity index (χ1v) is 24.2. The van der Waals surface area contributed by atoms with Gasteiger partial charge in [-0.05, 0) is 85.9 Å². The predicted octanol–water partition coefficient (Wildman–Crippen LogP) is 2.05. The number of amides is 5. The molecule has 0 fully saturated rings. The lowest BCUT2D eigenvalue weighted by Gasteiger charge is -2.27. The molecule has 0 spiro atoms. The van der Waals surface area contributed by atoms with Crippen LogP contribution >= 0.6 is 11.8 Å². The molecule has 5 aromatic rings. The molecular formula is C49H66N12O6S. The van der Waals surface area contributed by atoms with Crippen LogP contribution in [0.3, 0.4) is 0 Å². The van der Waals surface area contributed by atoms with E-state index in [0.29, 0.717) is 24.2 Å². The van der Waals surface area contributed by atoms with Crippen LogP contribution in [0.25, 0.3) is 21.8 Å². The highest BCUT2D eigenvalue weighted by Crippen LogP contribution is 2.23. The molecule has 364 valence electrons. The maximum absolute atomic E-state index is 14.8. The van der Waals surface area contributed by atoms with Gasteiger partial charge in [0, 0.05) is 59.1 Å². The summed E-state index contributed by atoms with van der Waals surface area (Å²) in [7, 11) is 1.60. The number of primary amides is 1. The Morgan fingerprint density at radius 3 is 1.74 bits per heavy atom. The number of carbonyl (C=O) groups excluding carboxylic acids is 6. The molecule has 0 bridgehead atoms. The highest BCUT2D eigenvalue weighted by molar-refractivity contribution is 7.98. The zero-order valence-electron chi connectivity index (χ0n) is 39.1. The Hall–Kier alpha value is -6.70. The van der Waals surface area contributed by atoms with Crippen molar-refractivity contribution < 1.29 is 28.8 Å². The molecule has 3 aromatic carbocycles. The molecule has 0 unspecified atom stereocenters. The quantitative estimate of drug-likeness (QED) is 0.0157. The number of guanidine groups is 1. The number of rotatable bonds is 27. The van der Waals surface area contributed by atoms with Crippen molar-refractivity contribution in [2.45, 2.75) is 95.0 Å². The molecule has 0 radical (unpaired) electrons. The fourth-order valence-electron chi connectivity index (χ4n) is 8.10. The molecule has 5 amide bonds. The smallest absolute Gasteiger partial charge is 0.243 e. The normalized spacial score (nSPS) is 14.0. The Morgan fingerprint density at radius 2 is 1.15 bits per heavy atom. The molecule has 0 aliphatic carbocycles. The first-order chi connectivity index (χ1) is 32.6. The van der Waals surface area contributed by atoms with Crippen molar-refractivity contribution in [2.75, 3.05) is 25.6 Å². The summed E-state index contributed by atoms with van der Waals surface area (Å²) in [4.78, 5) is 93.6. The SMILES string of the molecule is CN[C@@H](Cc1ccccc1C(=O)[C@H](Cc1c[nH]c2ccccc12)NC(=O)[C@@H](N)CCCN=C(N)N)C(=O)N[C@H](Cc1c[nH]c2ccccc12)C(=O)N[C@@H](CC(C)C)C(=O)N[C@@H](CCSC)C(N)=O. The van der Waals surface area contributed by atoms with Crippen molar-refractivity contribution in [1.29, 1.82) is 0 Å². The van der Waals surface area contributed by atoms with Crippen LogP contribution in [0.5, 0.6) is 0 Å². The van der Waals surface area contributed by atoms with Crippen molar-refractivity contribution in [3.63, 3.8) is 0 Å². The number of thioether (sulfide) groups is 1. The minimum atomic E-state index is -1.17. The van der Waals surface area contributed by atoms with Gasteiger partial charge in [0.25, 0.3) is 0 Å². The molecule has 0 saturated heterocycles. The Bertz CT molecular complexity index is 2550. The summed E-state index contributed by atoms with van der Waals surface area (Å²) < 4.78 is 0. The standard InChI is InChI=1S/C49H66N12O6S/c1-28(2)22-41(47(66)58-38(44(51)63)19-21-68-4)60-48(67)42(25-31-27-57-37-18-10-8-14-33(31)37)61-46(65)40(54-3)23-29-12-5-6-15-34(29)43(62)39(24-30-26-56-36-17-9-7-13-32(30)36)59-45(64)35(50)16-11-20-55-49(52)53/h5-10,12-15,17-18,26-28,35,38-42,54,56-57H,11,16,19-25,50H2,1-4H3,(H2,51,63)(H,58,66)(H,59,64)(H,60,67)(H,61,65)(H4,52,53,55)/t35-,38-,39-,40-,41-,42+/m0/s1. The van der Waals surface area contributed by atoms with Gasteiger partial charge in [0.15, 0.2) is 11.7 Å². The lowest BCUT2D eigenvalue weighted by molar-refractivity contribution is -0.134. The monoisotopic (exact) mass is 950 g/mol. The minimum absolute atomic E-state index is 0.0205. The van der Waals surface area contributed by atoms with Gasteiger partial charge in [-0.3, -0.25) is 33.8 Å². The fourth-order valence-corrected chi connectivity index (χ4v) is 8.57. The number of aromatic amines is 2. The molecule has 0 saturated carbocycles. The Balaban J connectivity index is 1.41. The highest BCUT2D eigenvalue weighted by atomic mass is 32.2. The zero-order chi connectivity index (χ0) is 49.3. The topological polar surface area (TPSA) is 311 Å². The summed E-state index contributed by atoms with van der Waals surface area (Å²) in [5.74, 6) is -2.82. The van der Waals surface area contributed by atoms with Gasteiger partial charge in [-0.2, -0.15) is 11.8 Å². The van der Waals surface area contributed by atoms with Gasteiger partial charge < -0.3 is 59.5 Å². The lowest BCUT2D eigenvalue weighted by Crippen LogP contribution is -2.58.